The summed E-state index contributed by atoms with van der Waals surface area (Å²) in [4.78, 5) is 34.7. The van der Waals surface area contributed by atoms with E-state index in [1.807, 2.05) is 0 Å². The molecule has 1 heterocycles. The summed E-state index contributed by atoms with van der Waals surface area (Å²) in [7, 11) is 0. The molecule has 0 fully saturated rings. The fourth-order valence-electron chi connectivity index (χ4n) is 1.34. The minimum Gasteiger partial charge on any atom is -0.355 e. The minimum absolute atomic E-state index is 0.121. The summed E-state index contributed by atoms with van der Waals surface area (Å²) in [5.41, 5.74) is 0. The maximum absolute atomic E-state index is 11.3. The van der Waals surface area contributed by atoms with Crippen LogP contribution in [-0.2, 0) is 14.4 Å². The van der Waals surface area contributed by atoms with Gasteiger partial charge in [-0.25, -0.2) is 0 Å². The molecule has 0 atom stereocenters. The summed E-state index contributed by atoms with van der Waals surface area (Å²) < 4.78 is 0. The number of rotatable bonds is 5. The van der Waals surface area contributed by atoms with Gasteiger partial charge < -0.3 is 5.32 Å². The quantitative estimate of drug-likeness (QED) is 0.408. The number of hydrogen-bond acceptors (Lipinski definition) is 3. The second-order valence-electron chi connectivity index (χ2n) is 3.44. The minimum atomic E-state index is -0.361. The van der Waals surface area contributed by atoms with Crippen molar-refractivity contribution in [2.45, 2.75) is 19.8 Å². The molecule has 0 bridgehead atoms. The molecule has 5 heteroatoms. The second kappa shape index (κ2) is 6.48. The molecule has 1 aliphatic rings. The molecule has 3 amide bonds. The van der Waals surface area contributed by atoms with Crippen LogP contribution in [0.1, 0.15) is 19.8 Å². The number of amides is 3. The van der Waals surface area contributed by atoms with Crippen LogP contribution in [0, 0.1) is 11.8 Å². The van der Waals surface area contributed by atoms with E-state index in [1.165, 1.54) is 12.2 Å². The highest BCUT2D eigenvalue weighted by atomic mass is 16.2. The highest BCUT2D eigenvalue weighted by Crippen LogP contribution is 2.03. The molecule has 0 aromatic carbocycles. The first-order chi connectivity index (χ1) is 8.15. The molecule has 5 nitrogen and oxygen atoms in total. The zero-order valence-electron chi connectivity index (χ0n) is 9.66. The van der Waals surface area contributed by atoms with E-state index in [4.69, 9.17) is 0 Å². The highest BCUT2D eigenvalue weighted by molar-refractivity contribution is 6.13. The van der Waals surface area contributed by atoms with Gasteiger partial charge in [0.15, 0.2) is 0 Å². The number of carbonyl (C=O) groups excluding carboxylic acids is 3. The third-order valence-electron chi connectivity index (χ3n) is 2.21. The van der Waals surface area contributed by atoms with E-state index in [2.05, 4.69) is 17.2 Å². The first kappa shape index (κ1) is 13.0. The lowest BCUT2D eigenvalue weighted by Gasteiger charge is -2.12. The molecular formula is C12H14N2O3. The molecule has 0 aromatic rings. The number of nitrogens with zero attached hydrogens (tertiary/aromatic N) is 1. The smallest absolute Gasteiger partial charge is 0.253 e. The summed E-state index contributed by atoms with van der Waals surface area (Å²) in [6.45, 7) is 2.34. The lowest BCUT2D eigenvalue weighted by molar-refractivity contribution is -0.137. The van der Waals surface area contributed by atoms with Gasteiger partial charge in [-0.3, -0.25) is 19.3 Å². The van der Waals surface area contributed by atoms with Crippen molar-refractivity contribution in [1.29, 1.82) is 0 Å². The Balaban J connectivity index is 2.21. The maximum Gasteiger partial charge on any atom is 0.253 e. The third-order valence-corrected chi connectivity index (χ3v) is 2.21. The van der Waals surface area contributed by atoms with Crippen molar-refractivity contribution in [3.8, 4) is 11.8 Å². The Bertz CT molecular complexity index is 397. The largest absolute Gasteiger partial charge is 0.355 e. The SMILES string of the molecule is CC#CCCNC(=O)CCN1C(=O)C=CC1=O. The van der Waals surface area contributed by atoms with Gasteiger partial charge in [0.25, 0.3) is 11.8 Å². The lowest BCUT2D eigenvalue weighted by atomic mass is 10.3. The zero-order valence-corrected chi connectivity index (χ0v) is 9.66. The van der Waals surface area contributed by atoms with Gasteiger partial charge in [-0.15, -0.1) is 11.8 Å². The van der Waals surface area contributed by atoms with E-state index in [0.29, 0.717) is 13.0 Å². The van der Waals surface area contributed by atoms with Crippen LogP contribution in [0.25, 0.3) is 0 Å². The molecule has 0 saturated carbocycles. The Morgan fingerprint density at radius 2 is 2.00 bits per heavy atom. The highest BCUT2D eigenvalue weighted by Gasteiger charge is 2.23. The molecule has 0 spiro atoms. The van der Waals surface area contributed by atoms with Crippen LogP contribution in [0.3, 0.4) is 0 Å². The van der Waals surface area contributed by atoms with Gasteiger partial charge >= 0.3 is 0 Å². The predicted molar refractivity (Wildman–Crippen MR) is 61.6 cm³/mol. The van der Waals surface area contributed by atoms with Crippen LogP contribution in [0.2, 0.25) is 0 Å². The van der Waals surface area contributed by atoms with Crippen LogP contribution >= 0.6 is 0 Å². The third kappa shape index (κ3) is 4.11. The van der Waals surface area contributed by atoms with E-state index < -0.39 is 0 Å². The summed E-state index contributed by atoms with van der Waals surface area (Å²) >= 11 is 0. The number of carbonyl (C=O) groups is 3. The number of nitrogens with one attached hydrogen (secondary N) is 1. The van der Waals surface area contributed by atoms with Crippen LogP contribution in [0.4, 0.5) is 0 Å². The normalized spacial score (nSPS) is 13.6. The van der Waals surface area contributed by atoms with Crippen LogP contribution in [-0.4, -0.2) is 35.7 Å². The average molecular weight is 234 g/mol. The van der Waals surface area contributed by atoms with Crippen molar-refractivity contribution in [2.75, 3.05) is 13.1 Å². The molecule has 1 aliphatic heterocycles. The van der Waals surface area contributed by atoms with E-state index in [0.717, 1.165) is 4.90 Å². The van der Waals surface area contributed by atoms with Gasteiger partial charge in [-0.2, -0.15) is 0 Å². The molecule has 1 N–H and O–H groups in total. The topological polar surface area (TPSA) is 66.5 Å². The van der Waals surface area contributed by atoms with Gasteiger partial charge in [0, 0.05) is 38.1 Å². The lowest BCUT2D eigenvalue weighted by Crippen LogP contribution is -2.34. The van der Waals surface area contributed by atoms with E-state index in [-0.39, 0.29) is 30.7 Å². The molecule has 90 valence electrons. The standard InChI is InChI=1S/C12H14N2O3/c1-2-3-4-8-13-10(15)7-9-14-11(16)5-6-12(14)17/h5-6H,4,7-9H2,1H3,(H,13,15). The van der Waals surface area contributed by atoms with Crippen molar-refractivity contribution in [1.82, 2.24) is 10.2 Å². The Morgan fingerprint density at radius 3 is 2.59 bits per heavy atom. The fourth-order valence-corrected chi connectivity index (χ4v) is 1.34. The molecule has 0 aliphatic carbocycles. The molecule has 0 saturated heterocycles. The van der Waals surface area contributed by atoms with E-state index >= 15 is 0 Å². The zero-order chi connectivity index (χ0) is 12.7. The molecule has 0 aromatic heterocycles. The molecular weight excluding hydrogens is 220 g/mol. The van der Waals surface area contributed by atoms with Crippen LogP contribution in [0.5, 0.6) is 0 Å². The van der Waals surface area contributed by atoms with E-state index in [9.17, 15) is 14.4 Å². The van der Waals surface area contributed by atoms with Crippen LogP contribution < -0.4 is 5.32 Å². The molecule has 1 rings (SSSR count). The van der Waals surface area contributed by atoms with Gasteiger partial charge in [0.2, 0.25) is 5.91 Å². The Kier molecular flexibility index (Phi) is 4.95. The predicted octanol–water partition coefficient (Wildman–Crippen LogP) is -0.169. The average Bonchev–Trinajstić information content (AvgIpc) is 2.62. The Hall–Kier alpha value is -2.09. The Morgan fingerprint density at radius 1 is 1.35 bits per heavy atom. The number of imide groups is 1. The first-order valence-electron chi connectivity index (χ1n) is 5.35. The summed E-state index contributed by atoms with van der Waals surface area (Å²) in [6.07, 6.45) is 3.14. The van der Waals surface area contributed by atoms with E-state index in [1.54, 1.807) is 6.92 Å². The van der Waals surface area contributed by atoms with Crippen LogP contribution in [0.15, 0.2) is 12.2 Å². The van der Waals surface area contributed by atoms with Gasteiger partial charge in [0.05, 0.1) is 0 Å². The van der Waals surface area contributed by atoms with Crippen molar-refractivity contribution in [2.24, 2.45) is 0 Å². The monoisotopic (exact) mass is 234 g/mol. The maximum atomic E-state index is 11.3. The molecule has 17 heavy (non-hydrogen) atoms. The van der Waals surface area contributed by atoms with Gasteiger partial charge in [0.1, 0.15) is 0 Å². The first-order valence-corrected chi connectivity index (χ1v) is 5.35. The molecule has 0 radical (unpaired) electrons. The van der Waals surface area contributed by atoms with Gasteiger partial charge in [-0.1, -0.05) is 0 Å². The molecule has 0 unspecified atom stereocenters. The van der Waals surface area contributed by atoms with Crippen molar-refractivity contribution < 1.29 is 14.4 Å². The summed E-state index contributed by atoms with van der Waals surface area (Å²) in [5.74, 6) is 4.64. The van der Waals surface area contributed by atoms with Gasteiger partial charge in [-0.05, 0) is 6.92 Å². The Labute approximate surface area is 99.9 Å². The number of hydrogen-bond donors (Lipinski definition) is 1. The summed E-state index contributed by atoms with van der Waals surface area (Å²) in [6, 6.07) is 0. The van der Waals surface area contributed by atoms with Crippen molar-refractivity contribution in [3.63, 3.8) is 0 Å². The second-order valence-corrected chi connectivity index (χ2v) is 3.44. The van der Waals surface area contributed by atoms with Crippen molar-refractivity contribution in [3.05, 3.63) is 12.2 Å². The summed E-state index contributed by atoms with van der Waals surface area (Å²) in [5, 5.41) is 2.66. The van der Waals surface area contributed by atoms with Crippen molar-refractivity contribution >= 4 is 17.7 Å². The fraction of sp³-hybridized carbons (Fsp3) is 0.417.